The third-order valence-corrected chi connectivity index (χ3v) is 3.51. The summed E-state index contributed by atoms with van der Waals surface area (Å²) in [5.41, 5.74) is 1.16. The Morgan fingerprint density at radius 3 is 3.20 bits per heavy atom. The lowest BCUT2D eigenvalue weighted by atomic mass is 10.2. The van der Waals surface area contributed by atoms with Gasteiger partial charge in [-0.25, -0.2) is 4.98 Å². The van der Waals surface area contributed by atoms with Crippen LogP contribution in [0.1, 0.15) is 12.6 Å². The van der Waals surface area contributed by atoms with E-state index in [4.69, 9.17) is 4.74 Å². The van der Waals surface area contributed by atoms with Gasteiger partial charge >= 0.3 is 0 Å². The second-order valence-electron chi connectivity index (χ2n) is 3.68. The zero-order chi connectivity index (χ0) is 10.7. The van der Waals surface area contributed by atoms with Gasteiger partial charge in [0, 0.05) is 25.6 Å². The number of hydrogen-bond donors (Lipinski definition) is 2. The second kappa shape index (κ2) is 4.92. The quantitative estimate of drug-likeness (QED) is 0.808. The van der Waals surface area contributed by atoms with E-state index in [1.54, 1.807) is 18.4 Å². The second-order valence-corrected chi connectivity index (χ2v) is 4.54. The molecule has 2 rings (SSSR count). The molecule has 5 heteroatoms. The number of nitrogens with zero attached hydrogens (tertiary/aromatic N) is 1. The van der Waals surface area contributed by atoms with E-state index >= 15 is 0 Å². The highest BCUT2D eigenvalue weighted by Crippen LogP contribution is 2.18. The zero-order valence-corrected chi connectivity index (χ0v) is 9.93. The minimum Gasteiger partial charge on any atom is -0.378 e. The Kier molecular flexibility index (Phi) is 3.56. The Morgan fingerprint density at radius 1 is 1.67 bits per heavy atom. The van der Waals surface area contributed by atoms with Gasteiger partial charge in [-0.1, -0.05) is 6.92 Å². The summed E-state index contributed by atoms with van der Waals surface area (Å²) in [4.78, 5) is 4.49. The zero-order valence-electron chi connectivity index (χ0n) is 9.12. The number of nitrogens with one attached hydrogen (secondary N) is 2. The molecule has 0 aliphatic carbocycles. The third-order valence-electron chi connectivity index (χ3n) is 2.68. The van der Waals surface area contributed by atoms with Crippen molar-refractivity contribution in [3.63, 3.8) is 0 Å². The topological polar surface area (TPSA) is 46.2 Å². The van der Waals surface area contributed by atoms with Gasteiger partial charge < -0.3 is 15.4 Å². The summed E-state index contributed by atoms with van der Waals surface area (Å²) >= 11 is 1.67. The lowest BCUT2D eigenvalue weighted by Crippen LogP contribution is -2.33. The number of anilines is 1. The van der Waals surface area contributed by atoms with Crippen LogP contribution in [0.4, 0.5) is 5.13 Å². The predicted molar refractivity (Wildman–Crippen MR) is 62.6 cm³/mol. The number of ether oxygens (including phenoxy) is 1. The van der Waals surface area contributed by atoms with Crippen LogP contribution in [0.25, 0.3) is 0 Å². The van der Waals surface area contributed by atoms with Crippen molar-refractivity contribution in [2.24, 2.45) is 0 Å². The third kappa shape index (κ3) is 2.48. The van der Waals surface area contributed by atoms with Crippen molar-refractivity contribution < 1.29 is 4.74 Å². The lowest BCUT2D eigenvalue weighted by molar-refractivity contribution is 0.111. The number of thiazole rings is 1. The van der Waals surface area contributed by atoms with E-state index in [9.17, 15) is 0 Å². The largest absolute Gasteiger partial charge is 0.378 e. The molecular weight excluding hydrogens is 210 g/mol. The Morgan fingerprint density at radius 2 is 2.53 bits per heavy atom. The van der Waals surface area contributed by atoms with Gasteiger partial charge in [-0.3, -0.25) is 0 Å². The fourth-order valence-electron chi connectivity index (χ4n) is 1.74. The van der Waals surface area contributed by atoms with Crippen molar-refractivity contribution in [1.82, 2.24) is 10.3 Å². The molecule has 0 spiro atoms. The number of hydrogen-bond acceptors (Lipinski definition) is 5. The summed E-state index contributed by atoms with van der Waals surface area (Å²) in [6.45, 7) is 3.98. The van der Waals surface area contributed by atoms with Crippen molar-refractivity contribution in [3.8, 4) is 0 Å². The van der Waals surface area contributed by atoms with Gasteiger partial charge in [0.1, 0.15) is 0 Å². The maximum atomic E-state index is 5.38. The summed E-state index contributed by atoms with van der Waals surface area (Å²) in [5.74, 6) is 0. The Bertz CT molecular complexity index is 315. The molecule has 0 aromatic carbocycles. The van der Waals surface area contributed by atoms with E-state index < -0.39 is 0 Å². The first-order valence-electron chi connectivity index (χ1n) is 5.28. The fraction of sp³-hybridized carbons (Fsp3) is 0.700. The highest BCUT2D eigenvalue weighted by atomic mass is 32.1. The normalized spacial score (nSPS) is 25.7. The summed E-state index contributed by atoms with van der Waals surface area (Å²) in [7, 11) is 1.76. The highest BCUT2D eigenvalue weighted by molar-refractivity contribution is 7.13. The predicted octanol–water partition coefficient (Wildman–Crippen LogP) is 1.10. The van der Waals surface area contributed by atoms with Crippen LogP contribution in [-0.4, -0.2) is 37.3 Å². The Hall–Kier alpha value is -0.650. The van der Waals surface area contributed by atoms with Crippen LogP contribution in [0, 0.1) is 0 Å². The van der Waals surface area contributed by atoms with Crippen molar-refractivity contribution in [2.75, 3.05) is 25.5 Å². The standard InChI is InChI=1S/C10H17N3OS/c1-3-7-6-15-10(12-7)13-8-4-11-5-9(8)14-2/h6,8-9,11H,3-5H2,1-2H3,(H,12,13)/t8?,9-/m0/s1. The van der Waals surface area contributed by atoms with Gasteiger partial charge in [0.25, 0.3) is 0 Å². The van der Waals surface area contributed by atoms with Crippen LogP contribution < -0.4 is 10.6 Å². The van der Waals surface area contributed by atoms with Crippen LogP contribution in [0.5, 0.6) is 0 Å². The molecule has 0 radical (unpaired) electrons. The van der Waals surface area contributed by atoms with Crippen molar-refractivity contribution in [1.29, 1.82) is 0 Å². The molecule has 1 aromatic heterocycles. The molecule has 2 atom stereocenters. The average Bonchev–Trinajstić information content (AvgIpc) is 2.87. The first-order valence-corrected chi connectivity index (χ1v) is 6.16. The molecule has 2 N–H and O–H groups in total. The van der Waals surface area contributed by atoms with E-state index in [0.717, 1.165) is 30.3 Å². The summed E-state index contributed by atoms with van der Waals surface area (Å²) in [6.07, 6.45) is 1.24. The highest BCUT2D eigenvalue weighted by Gasteiger charge is 2.27. The monoisotopic (exact) mass is 227 g/mol. The Balaban J connectivity index is 1.95. The molecule has 0 amide bonds. The molecule has 1 fully saturated rings. The smallest absolute Gasteiger partial charge is 0.183 e. The van der Waals surface area contributed by atoms with Crippen LogP contribution in [0.3, 0.4) is 0 Å². The van der Waals surface area contributed by atoms with Gasteiger partial charge in [-0.05, 0) is 6.42 Å². The molecule has 4 nitrogen and oxygen atoms in total. The van der Waals surface area contributed by atoms with E-state index in [1.807, 2.05) is 0 Å². The maximum absolute atomic E-state index is 5.38. The van der Waals surface area contributed by atoms with Gasteiger partial charge in [0.2, 0.25) is 0 Å². The van der Waals surface area contributed by atoms with Gasteiger partial charge in [0.15, 0.2) is 5.13 Å². The van der Waals surface area contributed by atoms with Gasteiger partial charge in [-0.15, -0.1) is 11.3 Å². The number of methoxy groups -OCH3 is 1. The number of aromatic nitrogens is 1. The SMILES string of the molecule is CCc1csc(NC2CNC[C@@H]2OC)n1. The molecule has 0 bridgehead atoms. The molecule has 1 aromatic rings. The maximum Gasteiger partial charge on any atom is 0.183 e. The molecule has 1 aliphatic heterocycles. The summed E-state index contributed by atoms with van der Waals surface area (Å²) < 4.78 is 5.38. The van der Waals surface area contributed by atoms with E-state index in [1.165, 1.54) is 0 Å². The molecule has 1 saturated heterocycles. The fourth-order valence-corrected chi connectivity index (χ4v) is 2.60. The minimum atomic E-state index is 0.249. The Labute approximate surface area is 94.1 Å². The summed E-state index contributed by atoms with van der Waals surface area (Å²) in [6, 6.07) is 0.339. The lowest BCUT2D eigenvalue weighted by Gasteiger charge is -2.17. The van der Waals surface area contributed by atoms with Crippen molar-refractivity contribution in [3.05, 3.63) is 11.1 Å². The van der Waals surface area contributed by atoms with Crippen LogP contribution in [-0.2, 0) is 11.2 Å². The van der Waals surface area contributed by atoms with Gasteiger partial charge in [-0.2, -0.15) is 0 Å². The average molecular weight is 227 g/mol. The molecule has 15 heavy (non-hydrogen) atoms. The van der Waals surface area contributed by atoms with Crippen LogP contribution in [0.15, 0.2) is 5.38 Å². The van der Waals surface area contributed by atoms with Crippen LogP contribution >= 0.6 is 11.3 Å². The van der Waals surface area contributed by atoms with E-state index in [0.29, 0.717) is 6.04 Å². The number of rotatable bonds is 4. The van der Waals surface area contributed by atoms with E-state index in [2.05, 4.69) is 27.9 Å². The molecular formula is C10H17N3OS. The number of aryl methyl sites for hydroxylation is 1. The molecule has 1 aliphatic rings. The molecule has 0 saturated carbocycles. The first-order chi connectivity index (χ1) is 7.33. The molecule has 1 unspecified atom stereocenters. The summed E-state index contributed by atoms with van der Waals surface area (Å²) in [5, 5.41) is 9.83. The van der Waals surface area contributed by atoms with Gasteiger partial charge in [0.05, 0.1) is 17.8 Å². The van der Waals surface area contributed by atoms with Crippen LogP contribution in [0.2, 0.25) is 0 Å². The van der Waals surface area contributed by atoms with Crippen molar-refractivity contribution in [2.45, 2.75) is 25.5 Å². The molecule has 2 heterocycles. The first kappa shape index (κ1) is 10.9. The molecule has 84 valence electrons. The van der Waals surface area contributed by atoms with Crippen molar-refractivity contribution >= 4 is 16.5 Å². The van der Waals surface area contributed by atoms with E-state index in [-0.39, 0.29) is 6.10 Å². The minimum absolute atomic E-state index is 0.249.